The van der Waals surface area contributed by atoms with E-state index in [1.165, 1.54) is 0 Å². The first kappa shape index (κ1) is 49.9. The van der Waals surface area contributed by atoms with Crippen LogP contribution in [-0.2, 0) is 37.0 Å². The molecule has 0 radical (unpaired) electrons. The summed E-state index contributed by atoms with van der Waals surface area (Å²) in [5, 5.41) is 27.9. The third-order valence-corrected chi connectivity index (χ3v) is 10.7. The number of unbranched alkanes of at least 4 members (excludes halogenated alkanes) is 1. The minimum absolute atomic E-state index is 0. The molecule has 326 valence electrons. The van der Waals surface area contributed by atoms with Crippen molar-refractivity contribution in [2.75, 3.05) is 13.2 Å². The zero-order valence-electron chi connectivity index (χ0n) is 38.4. The van der Waals surface area contributed by atoms with Crippen molar-refractivity contribution in [3.05, 3.63) is 217 Å². The van der Waals surface area contributed by atoms with E-state index >= 15 is 0 Å². The zero-order chi connectivity index (χ0) is 45.4. The van der Waals surface area contributed by atoms with Crippen LogP contribution >= 0.6 is 0 Å². The predicted octanol–water partition coefficient (Wildman–Crippen LogP) is 14.3. The van der Waals surface area contributed by atoms with E-state index in [4.69, 9.17) is 9.47 Å². The largest absolute Gasteiger partial charge is 4.00 e. The minimum atomic E-state index is -0.144. The molecule has 0 amide bonds. The molecule has 0 spiro atoms. The molecule has 0 heterocycles. The fourth-order valence-corrected chi connectivity index (χ4v) is 7.07. The van der Waals surface area contributed by atoms with Gasteiger partial charge in [-0.1, -0.05) is 174 Å². The molecule has 0 aliphatic rings. The van der Waals surface area contributed by atoms with Crippen LogP contribution in [0.5, 0.6) is 23.0 Å². The van der Waals surface area contributed by atoms with E-state index in [9.17, 15) is 10.2 Å². The molecule has 8 aromatic rings. The first-order chi connectivity index (χ1) is 30.9. The molecule has 0 fully saturated rings. The van der Waals surface area contributed by atoms with Gasteiger partial charge >= 0.3 is 26.2 Å². The van der Waals surface area contributed by atoms with E-state index in [2.05, 4.69) is 53.7 Å². The van der Waals surface area contributed by atoms with Crippen molar-refractivity contribution in [1.29, 1.82) is 0 Å². The van der Waals surface area contributed by atoms with E-state index < -0.39 is 0 Å². The molecular weight excluding hydrogens is 876 g/mol. The molecule has 0 saturated heterocycles. The quantitative estimate of drug-likeness (QED) is 0.0957. The molecule has 8 aromatic carbocycles. The van der Waals surface area contributed by atoms with Crippen molar-refractivity contribution in [3.63, 3.8) is 0 Å². The molecule has 0 unspecified atom stereocenters. The molecule has 0 saturated carbocycles. The maximum Gasteiger partial charge on any atom is 4.00 e. The summed E-state index contributed by atoms with van der Waals surface area (Å²) >= 11 is 0. The standard InChI is InChI=1S/C48H50O4.2C6H5.Zr/c1-47(2,3)35-29-39(33-19-9-7-10-20-33)45(49)41(31-35)37-23-13-15-25-43(37)51-27-17-18-28-52-44-26-16-14-24-38(44)42-32-36(48(4,5)6)30-40(46(42)50)34-21-11-8-12-22-34;2*1-2-4-6-5-3-1;/h7-16,19-26,29-32,49-50H,17-18,27-28H2,1-6H3;2*1-5H;/q;2*-1;+4/p-2. The van der Waals surface area contributed by atoms with Gasteiger partial charge in [0, 0.05) is 11.1 Å². The van der Waals surface area contributed by atoms with Crippen LogP contribution in [0.25, 0.3) is 44.5 Å². The van der Waals surface area contributed by atoms with Gasteiger partial charge in [-0.25, -0.2) is 0 Å². The number of hydrogen-bond donors (Lipinski definition) is 0. The van der Waals surface area contributed by atoms with E-state index in [1.807, 2.05) is 194 Å². The Morgan fingerprint density at radius 1 is 0.385 bits per heavy atom. The maximum absolute atomic E-state index is 14.0. The molecule has 5 heteroatoms. The van der Waals surface area contributed by atoms with E-state index in [0.717, 1.165) is 46.2 Å². The van der Waals surface area contributed by atoms with E-state index in [-0.39, 0.29) is 48.5 Å². The SMILES string of the molecule is CC(C)(C)c1cc(-c2ccccc2)c([O-])c(-c2ccccc2OCCCCOc2ccccc2-c2cc(C(C)(C)C)cc(-c3ccccc3)c2[O-])c1.[Zr+4].[c-]1ccccc1.[c-]1ccccc1. The van der Waals surface area contributed by atoms with Gasteiger partial charge in [-0.15, -0.1) is 0 Å². The van der Waals surface area contributed by atoms with Crippen LogP contribution in [0.15, 0.2) is 194 Å². The molecule has 0 bridgehead atoms. The fourth-order valence-electron chi connectivity index (χ4n) is 7.07. The molecule has 65 heavy (non-hydrogen) atoms. The summed E-state index contributed by atoms with van der Waals surface area (Å²) in [7, 11) is 0. The second-order valence-corrected chi connectivity index (χ2v) is 17.6. The Balaban J connectivity index is 0.000000528. The van der Waals surface area contributed by atoms with Gasteiger partial charge in [0.15, 0.2) is 0 Å². The predicted molar refractivity (Wildman–Crippen MR) is 262 cm³/mol. The van der Waals surface area contributed by atoms with Crippen molar-refractivity contribution in [2.45, 2.75) is 65.2 Å². The van der Waals surface area contributed by atoms with Crippen molar-refractivity contribution >= 4 is 0 Å². The van der Waals surface area contributed by atoms with Gasteiger partial charge in [0.05, 0.1) is 13.2 Å². The Kier molecular flexibility index (Phi) is 18.6. The molecule has 8 rings (SSSR count). The van der Waals surface area contributed by atoms with Crippen LogP contribution in [0.1, 0.15) is 65.5 Å². The van der Waals surface area contributed by atoms with Gasteiger partial charge in [0.25, 0.3) is 0 Å². The number of hydrogen-bond acceptors (Lipinski definition) is 4. The van der Waals surface area contributed by atoms with E-state index in [0.29, 0.717) is 47.0 Å². The average Bonchev–Trinajstić information content (AvgIpc) is 3.32. The number of rotatable bonds is 11. The van der Waals surface area contributed by atoms with Gasteiger partial charge in [-0.2, -0.15) is 72.8 Å². The summed E-state index contributed by atoms with van der Waals surface area (Å²) in [6, 6.07) is 68.4. The molecule has 0 aliphatic heterocycles. The summed E-state index contributed by atoms with van der Waals surface area (Å²) in [5.74, 6) is 1.36. The first-order valence-corrected chi connectivity index (χ1v) is 22.0. The smallest absolute Gasteiger partial charge is 0.872 e. The second-order valence-electron chi connectivity index (χ2n) is 17.6. The zero-order valence-corrected chi connectivity index (χ0v) is 40.9. The Morgan fingerprint density at radius 2 is 0.692 bits per heavy atom. The number of para-hydroxylation sites is 2. The fraction of sp³-hybridized carbons (Fsp3) is 0.200. The summed E-state index contributed by atoms with van der Waals surface area (Å²) in [4.78, 5) is 0. The summed E-state index contributed by atoms with van der Waals surface area (Å²) in [5.41, 5.74) is 7.98. The number of ether oxygens (including phenoxy) is 2. The van der Waals surface area contributed by atoms with Gasteiger partial charge in [-0.05, 0) is 80.3 Å². The molecule has 4 nitrogen and oxygen atoms in total. The van der Waals surface area contributed by atoms with Crippen molar-refractivity contribution in [1.82, 2.24) is 0 Å². The summed E-state index contributed by atoms with van der Waals surface area (Å²) in [6.07, 6.45) is 1.50. The monoisotopic (exact) mass is 932 g/mol. The van der Waals surface area contributed by atoms with Crippen molar-refractivity contribution < 1.29 is 45.9 Å². The molecular formula is C60H58O4Zr. The van der Waals surface area contributed by atoms with Gasteiger partial charge in [0.2, 0.25) is 0 Å². The topological polar surface area (TPSA) is 64.6 Å². The van der Waals surface area contributed by atoms with Crippen LogP contribution in [-0.4, -0.2) is 13.2 Å². The molecule has 0 aliphatic carbocycles. The molecule has 0 aromatic heterocycles. The third-order valence-electron chi connectivity index (χ3n) is 10.7. The first-order valence-electron chi connectivity index (χ1n) is 22.0. The summed E-state index contributed by atoms with van der Waals surface area (Å²) < 4.78 is 12.7. The van der Waals surface area contributed by atoms with Crippen LogP contribution in [0.4, 0.5) is 0 Å². The van der Waals surface area contributed by atoms with Crippen molar-refractivity contribution in [2.24, 2.45) is 0 Å². The van der Waals surface area contributed by atoms with Crippen LogP contribution in [0.3, 0.4) is 0 Å². The van der Waals surface area contributed by atoms with Gasteiger partial charge in [-0.3, -0.25) is 0 Å². The second kappa shape index (κ2) is 24.2. The Labute approximate surface area is 406 Å². The van der Waals surface area contributed by atoms with Crippen molar-refractivity contribution in [3.8, 4) is 67.5 Å². The molecule has 0 N–H and O–H groups in total. The Bertz CT molecular complexity index is 2390. The summed E-state index contributed by atoms with van der Waals surface area (Å²) in [6.45, 7) is 13.9. The van der Waals surface area contributed by atoms with Crippen LogP contribution in [0, 0.1) is 12.1 Å². The normalized spacial score (nSPS) is 10.9. The number of benzene rings is 8. The Morgan fingerprint density at radius 3 is 1.00 bits per heavy atom. The van der Waals surface area contributed by atoms with E-state index in [1.54, 1.807) is 0 Å². The maximum atomic E-state index is 14.0. The third kappa shape index (κ3) is 14.2. The minimum Gasteiger partial charge on any atom is -0.872 e. The van der Waals surface area contributed by atoms with Crippen LogP contribution < -0.4 is 19.7 Å². The van der Waals surface area contributed by atoms with Gasteiger partial charge < -0.3 is 19.7 Å². The Hall–Kier alpha value is -6.16. The average molecular weight is 934 g/mol. The molecule has 0 atom stereocenters. The van der Waals surface area contributed by atoms with Crippen LogP contribution in [0.2, 0.25) is 0 Å². The van der Waals surface area contributed by atoms with Gasteiger partial charge in [0.1, 0.15) is 11.5 Å².